The number of sulfonamides is 1. The zero-order valence-corrected chi connectivity index (χ0v) is 14.0. The van der Waals surface area contributed by atoms with Crippen molar-refractivity contribution in [1.82, 2.24) is 4.72 Å². The third-order valence-electron chi connectivity index (χ3n) is 3.23. The average Bonchev–Trinajstić information content (AvgIpc) is 2.44. The SMILES string of the molecule is Cc1ccccc1CCNS(=O)(=O)c1ccc(Br)c(N)c1. The molecule has 0 heterocycles. The Labute approximate surface area is 133 Å². The second-order valence-electron chi connectivity index (χ2n) is 4.76. The Balaban J connectivity index is 2.05. The number of rotatable bonds is 5. The Morgan fingerprint density at radius 3 is 2.57 bits per heavy atom. The second kappa shape index (κ2) is 6.60. The highest BCUT2D eigenvalue weighted by Crippen LogP contribution is 2.22. The van der Waals surface area contributed by atoms with Gasteiger partial charge in [-0.25, -0.2) is 13.1 Å². The van der Waals surface area contributed by atoms with E-state index in [-0.39, 0.29) is 4.90 Å². The first-order chi connectivity index (χ1) is 9.90. The molecular formula is C15H17BrN2O2S. The van der Waals surface area contributed by atoms with Crippen molar-refractivity contribution in [3.05, 3.63) is 58.1 Å². The van der Waals surface area contributed by atoms with Crippen LogP contribution in [0.2, 0.25) is 0 Å². The van der Waals surface area contributed by atoms with Crippen LogP contribution in [0.15, 0.2) is 51.8 Å². The first-order valence-electron chi connectivity index (χ1n) is 6.49. The van der Waals surface area contributed by atoms with Crippen molar-refractivity contribution in [2.75, 3.05) is 12.3 Å². The highest BCUT2D eigenvalue weighted by atomic mass is 79.9. The predicted molar refractivity (Wildman–Crippen MR) is 88.6 cm³/mol. The lowest BCUT2D eigenvalue weighted by atomic mass is 10.1. The van der Waals surface area contributed by atoms with Gasteiger partial charge in [0.05, 0.1) is 4.90 Å². The number of nitrogens with one attached hydrogen (secondary N) is 1. The summed E-state index contributed by atoms with van der Waals surface area (Å²) in [6, 6.07) is 12.5. The van der Waals surface area contributed by atoms with Crippen LogP contribution in [0.3, 0.4) is 0 Å². The quantitative estimate of drug-likeness (QED) is 0.796. The number of aryl methyl sites for hydroxylation is 1. The Hall–Kier alpha value is -1.37. The zero-order valence-electron chi connectivity index (χ0n) is 11.6. The molecule has 0 aliphatic carbocycles. The Morgan fingerprint density at radius 2 is 1.90 bits per heavy atom. The summed E-state index contributed by atoms with van der Waals surface area (Å²) in [5, 5.41) is 0. The molecule has 2 aromatic carbocycles. The van der Waals surface area contributed by atoms with Crippen LogP contribution in [0.4, 0.5) is 5.69 Å². The monoisotopic (exact) mass is 368 g/mol. The minimum absolute atomic E-state index is 0.174. The lowest BCUT2D eigenvalue weighted by Gasteiger charge is -2.09. The molecule has 0 saturated carbocycles. The minimum Gasteiger partial charge on any atom is -0.398 e. The van der Waals surface area contributed by atoms with Gasteiger partial charge in [-0.1, -0.05) is 24.3 Å². The summed E-state index contributed by atoms with van der Waals surface area (Å²) < 4.78 is 27.7. The highest BCUT2D eigenvalue weighted by molar-refractivity contribution is 9.10. The summed E-state index contributed by atoms with van der Waals surface area (Å²) in [4.78, 5) is 0.174. The topological polar surface area (TPSA) is 72.2 Å². The molecular weight excluding hydrogens is 352 g/mol. The zero-order chi connectivity index (χ0) is 15.5. The van der Waals surface area contributed by atoms with Crippen LogP contribution in [0.25, 0.3) is 0 Å². The molecule has 2 aromatic rings. The standard InChI is InChI=1S/C15H17BrN2O2S/c1-11-4-2-3-5-12(11)8-9-18-21(19,20)13-6-7-14(16)15(17)10-13/h2-7,10,18H,8-9,17H2,1H3. The summed E-state index contributed by atoms with van der Waals surface area (Å²) in [6.07, 6.45) is 0.651. The molecule has 6 heteroatoms. The Kier molecular flexibility index (Phi) is 5.03. The largest absolute Gasteiger partial charge is 0.398 e. The smallest absolute Gasteiger partial charge is 0.240 e. The van der Waals surface area contributed by atoms with E-state index >= 15 is 0 Å². The van der Waals surface area contributed by atoms with Gasteiger partial charge in [0.25, 0.3) is 0 Å². The molecule has 0 aliphatic heterocycles. The van der Waals surface area contributed by atoms with Crippen molar-refractivity contribution in [2.45, 2.75) is 18.2 Å². The molecule has 21 heavy (non-hydrogen) atoms. The fourth-order valence-corrected chi connectivity index (χ4v) is 3.30. The number of benzene rings is 2. The van der Waals surface area contributed by atoms with E-state index in [1.807, 2.05) is 31.2 Å². The highest BCUT2D eigenvalue weighted by Gasteiger charge is 2.14. The summed E-state index contributed by atoms with van der Waals surface area (Å²) in [5.41, 5.74) is 8.41. The van der Waals surface area contributed by atoms with Gasteiger partial charge in [0, 0.05) is 16.7 Å². The van der Waals surface area contributed by atoms with E-state index in [4.69, 9.17) is 5.73 Å². The number of halogens is 1. The van der Waals surface area contributed by atoms with Crippen LogP contribution in [0, 0.1) is 6.92 Å². The van der Waals surface area contributed by atoms with E-state index in [1.54, 1.807) is 6.07 Å². The van der Waals surface area contributed by atoms with E-state index in [0.717, 1.165) is 11.1 Å². The maximum absolute atomic E-state index is 12.2. The molecule has 0 fully saturated rings. The first kappa shape index (κ1) is 16.0. The molecule has 0 radical (unpaired) electrons. The van der Waals surface area contributed by atoms with Gasteiger partial charge in [-0.2, -0.15) is 0 Å². The maximum Gasteiger partial charge on any atom is 0.240 e. The van der Waals surface area contributed by atoms with Crippen LogP contribution >= 0.6 is 15.9 Å². The minimum atomic E-state index is -3.53. The van der Waals surface area contributed by atoms with Crippen molar-refractivity contribution >= 4 is 31.6 Å². The number of nitrogens with two attached hydrogens (primary N) is 1. The summed E-state index contributed by atoms with van der Waals surface area (Å²) in [5.74, 6) is 0. The van der Waals surface area contributed by atoms with Crippen molar-refractivity contribution in [1.29, 1.82) is 0 Å². The van der Waals surface area contributed by atoms with Gasteiger partial charge in [0.1, 0.15) is 0 Å². The normalized spacial score (nSPS) is 11.5. The molecule has 0 aliphatic rings. The number of nitrogen functional groups attached to an aromatic ring is 1. The van der Waals surface area contributed by atoms with Crippen LogP contribution < -0.4 is 10.5 Å². The molecule has 0 atom stereocenters. The maximum atomic E-state index is 12.2. The summed E-state index contributed by atoms with van der Waals surface area (Å²) >= 11 is 3.25. The van der Waals surface area contributed by atoms with Crippen molar-refractivity contribution in [3.63, 3.8) is 0 Å². The van der Waals surface area contributed by atoms with Gasteiger partial charge in [-0.15, -0.1) is 0 Å². The Bertz CT molecular complexity index is 745. The summed E-state index contributed by atoms with van der Waals surface area (Å²) in [6.45, 7) is 2.36. The molecule has 0 saturated heterocycles. The van der Waals surface area contributed by atoms with E-state index < -0.39 is 10.0 Å². The number of hydrogen-bond acceptors (Lipinski definition) is 3. The second-order valence-corrected chi connectivity index (χ2v) is 7.38. The molecule has 3 N–H and O–H groups in total. The molecule has 0 bridgehead atoms. The molecule has 0 spiro atoms. The van der Waals surface area contributed by atoms with Crippen molar-refractivity contribution in [2.24, 2.45) is 0 Å². The fourth-order valence-electron chi connectivity index (χ4n) is 1.98. The van der Waals surface area contributed by atoms with Gasteiger partial charge in [-0.3, -0.25) is 0 Å². The van der Waals surface area contributed by atoms with Crippen molar-refractivity contribution in [3.8, 4) is 0 Å². The summed E-state index contributed by atoms with van der Waals surface area (Å²) in [7, 11) is -3.53. The average molecular weight is 369 g/mol. The van der Waals surface area contributed by atoms with Crippen molar-refractivity contribution < 1.29 is 8.42 Å². The lowest BCUT2D eigenvalue weighted by molar-refractivity contribution is 0.581. The number of anilines is 1. The number of hydrogen-bond donors (Lipinski definition) is 2. The molecule has 0 aromatic heterocycles. The van der Waals surface area contributed by atoms with Gasteiger partial charge < -0.3 is 5.73 Å². The van der Waals surface area contributed by atoms with Gasteiger partial charge >= 0.3 is 0 Å². The van der Waals surface area contributed by atoms with Gasteiger partial charge in [0.2, 0.25) is 10.0 Å². The first-order valence-corrected chi connectivity index (χ1v) is 8.77. The fraction of sp³-hybridized carbons (Fsp3) is 0.200. The Morgan fingerprint density at radius 1 is 1.19 bits per heavy atom. The molecule has 112 valence electrons. The van der Waals surface area contributed by atoms with E-state index in [2.05, 4.69) is 20.7 Å². The molecule has 4 nitrogen and oxygen atoms in total. The molecule has 0 amide bonds. The predicted octanol–water partition coefficient (Wildman–Crippen LogP) is 2.86. The van der Waals surface area contributed by atoms with E-state index in [0.29, 0.717) is 23.1 Å². The van der Waals surface area contributed by atoms with Crippen LogP contribution in [0.5, 0.6) is 0 Å². The van der Waals surface area contributed by atoms with Crippen LogP contribution in [-0.2, 0) is 16.4 Å². The van der Waals surface area contributed by atoms with E-state index in [9.17, 15) is 8.42 Å². The molecule has 0 unspecified atom stereocenters. The third-order valence-corrected chi connectivity index (χ3v) is 5.41. The van der Waals surface area contributed by atoms with Crippen LogP contribution in [0.1, 0.15) is 11.1 Å². The van der Waals surface area contributed by atoms with E-state index in [1.165, 1.54) is 12.1 Å². The van der Waals surface area contributed by atoms with Gasteiger partial charge in [-0.05, 0) is 58.6 Å². The van der Waals surface area contributed by atoms with Crippen LogP contribution in [-0.4, -0.2) is 15.0 Å². The van der Waals surface area contributed by atoms with Gasteiger partial charge in [0.15, 0.2) is 0 Å². The lowest BCUT2D eigenvalue weighted by Crippen LogP contribution is -2.26. The molecule has 2 rings (SSSR count). The third kappa shape index (κ3) is 4.06.